The minimum atomic E-state index is -1.57. The van der Waals surface area contributed by atoms with Crippen LogP contribution in [0.3, 0.4) is 0 Å². The van der Waals surface area contributed by atoms with Gasteiger partial charge in [0.2, 0.25) is 6.10 Å². The van der Waals surface area contributed by atoms with E-state index in [1.165, 1.54) is 29.6 Å². The fourth-order valence-electron chi connectivity index (χ4n) is 4.55. The number of anilines is 1. The van der Waals surface area contributed by atoms with E-state index in [1.807, 2.05) is 6.26 Å². The summed E-state index contributed by atoms with van der Waals surface area (Å²) in [5.74, 6) is -1.69. The fourth-order valence-corrected chi connectivity index (χ4v) is 4.90. The van der Waals surface area contributed by atoms with Crippen LogP contribution in [0.25, 0.3) is 11.2 Å². The van der Waals surface area contributed by atoms with Crippen LogP contribution in [0.2, 0.25) is 0 Å². The van der Waals surface area contributed by atoms with Crippen LogP contribution in [-0.2, 0) is 9.47 Å². The molecule has 0 aliphatic rings. The topological polar surface area (TPSA) is 140 Å². The monoisotopic (exact) mass is 606 g/mol. The molecule has 0 aliphatic carbocycles. The molecule has 12 nitrogen and oxygen atoms in total. The van der Waals surface area contributed by atoms with E-state index in [9.17, 15) is 19.5 Å². The molecule has 0 radical (unpaired) electrons. The molecule has 1 N–H and O–H groups in total. The van der Waals surface area contributed by atoms with E-state index in [1.54, 1.807) is 98.7 Å². The largest absolute Gasteiger partial charge is 0.454 e. The van der Waals surface area contributed by atoms with Gasteiger partial charge in [0.25, 0.3) is 5.91 Å². The Morgan fingerprint density at radius 2 is 1.44 bits per heavy atom. The number of rotatable bonds is 11. The highest BCUT2D eigenvalue weighted by molar-refractivity contribution is 7.98. The van der Waals surface area contributed by atoms with Gasteiger partial charge in [-0.3, -0.25) is 9.69 Å². The van der Waals surface area contributed by atoms with Gasteiger partial charge in [-0.25, -0.2) is 29.1 Å². The van der Waals surface area contributed by atoms with Crippen LogP contribution in [0.4, 0.5) is 5.82 Å². The molecule has 13 heteroatoms. The lowest BCUT2D eigenvalue weighted by Crippen LogP contribution is -2.58. The van der Waals surface area contributed by atoms with Crippen LogP contribution in [0, 0.1) is 0 Å². The lowest BCUT2D eigenvalue weighted by Gasteiger charge is -2.37. The zero-order valence-electron chi connectivity index (χ0n) is 24.7. The molecule has 2 heterocycles. The van der Waals surface area contributed by atoms with E-state index in [2.05, 4.69) is 15.0 Å². The van der Waals surface area contributed by atoms with Crippen molar-refractivity contribution in [2.75, 3.05) is 39.3 Å². The lowest BCUT2D eigenvalue weighted by molar-refractivity contribution is -0.0742. The second-order valence-corrected chi connectivity index (χ2v) is 10.9. The molecule has 43 heavy (non-hydrogen) atoms. The number of aliphatic hydroxyl groups is 1. The second-order valence-electron chi connectivity index (χ2n) is 10.2. The summed E-state index contributed by atoms with van der Waals surface area (Å²) >= 11 is 1.29. The van der Waals surface area contributed by atoms with Crippen molar-refractivity contribution in [2.45, 2.75) is 36.4 Å². The number of hydrogen-bond acceptors (Lipinski definition) is 12. The first kappa shape index (κ1) is 31.6. The van der Waals surface area contributed by atoms with Crippen LogP contribution in [-0.4, -0.2) is 106 Å². The summed E-state index contributed by atoms with van der Waals surface area (Å²) in [7, 11) is 6.87. The average Bonchev–Trinajstić information content (AvgIpc) is 3.43. The molecule has 0 bridgehead atoms. The smallest absolute Gasteiger partial charge is 0.338 e. The van der Waals surface area contributed by atoms with Crippen LogP contribution in [0.1, 0.15) is 32.4 Å². The van der Waals surface area contributed by atoms with Gasteiger partial charge in [0.05, 0.1) is 23.3 Å². The average molecular weight is 607 g/mol. The molecule has 0 fully saturated rings. The van der Waals surface area contributed by atoms with Crippen LogP contribution >= 0.6 is 11.8 Å². The van der Waals surface area contributed by atoms with E-state index < -0.39 is 42.2 Å². The lowest BCUT2D eigenvalue weighted by atomic mass is 9.98. The molecule has 0 amide bonds. The van der Waals surface area contributed by atoms with Gasteiger partial charge >= 0.3 is 11.9 Å². The highest BCUT2D eigenvalue weighted by atomic mass is 32.2. The Labute approximate surface area is 253 Å². The number of carbonyl (C=O) groups is 3. The fraction of sp³-hybridized carbons (Fsp3) is 0.333. The third-order valence-corrected chi connectivity index (χ3v) is 7.21. The standard InChI is InChI=1S/C30H34N6O6S/c1-18(37)23(41-28(39)19-13-9-7-10-14-19)22(34(2)3)24(42-29(40)20-15-11-8-12-16-20)27(38)36-17-31-21-25(35(4)5)32-30(43-6)33-26(21)36/h7-18,22-24,37H,1-6H3. The maximum absolute atomic E-state index is 14.4. The van der Waals surface area contributed by atoms with Crippen molar-refractivity contribution in [1.82, 2.24) is 24.4 Å². The van der Waals surface area contributed by atoms with Gasteiger partial charge in [-0.05, 0) is 51.5 Å². The summed E-state index contributed by atoms with van der Waals surface area (Å²) < 4.78 is 12.9. The first-order valence-corrected chi connectivity index (χ1v) is 14.6. The number of aromatic nitrogens is 4. The zero-order valence-corrected chi connectivity index (χ0v) is 25.6. The Kier molecular flexibility index (Phi) is 10.1. The second kappa shape index (κ2) is 13.8. The molecule has 0 spiro atoms. The quantitative estimate of drug-likeness (QED) is 0.152. The van der Waals surface area contributed by atoms with Crippen molar-refractivity contribution in [1.29, 1.82) is 0 Å². The molecule has 4 unspecified atom stereocenters. The summed E-state index contributed by atoms with van der Waals surface area (Å²) in [6.45, 7) is 1.44. The molecule has 0 saturated heterocycles. The molecule has 4 rings (SSSR count). The van der Waals surface area contributed by atoms with Gasteiger partial charge in [0, 0.05) is 14.1 Å². The Morgan fingerprint density at radius 1 is 0.884 bits per heavy atom. The molecular formula is C30H34N6O6S. The van der Waals surface area contributed by atoms with Gasteiger partial charge in [0.15, 0.2) is 22.1 Å². The maximum atomic E-state index is 14.4. The predicted octanol–water partition coefficient (Wildman–Crippen LogP) is 3.02. The van der Waals surface area contributed by atoms with Crippen molar-refractivity contribution < 1.29 is 29.0 Å². The molecule has 4 aromatic rings. The Morgan fingerprint density at radius 3 is 1.93 bits per heavy atom. The van der Waals surface area contributed by atoms with Gasteiger partial charge < -0.3 is 19.5 Å². The molecule has 0 saturated carbocycles. The third kappa shape index (κ3) is 7.01. The van der Waals surface area contributed by atoms with E-state index in [0.29, 0.717) is 16.5 Å². The number of aliphatic hydroxyl groups excluding tert-OH is 1. The van der Waals surface area contributed by atoms with Gasteiger partial charge in [-0.2, -0.15) is 0 Å². The van der Waals surface area contributed by atoms with Crippen molar-refractivity contribution in [3.63, 3.8) is 0 Å². The first-order chi connectivity index (χ1) is 20.5. The number of esters is 2. The minimum absolute atomic E-state index is 0.209. The minimum Gasteiger partial charge on any atom is -0.454 e. The highest BCUT2D eigenvalue weighted by Gasteiger charge is 2.44. The van der Waals surface area contributed by atoms with Crippen LogP contribution in [0.15, 0.2) is 72.1 Å². The number of nitrogens with zero attached hydrogens (tertiary/aromatic N) is 6. The molecule has 4 atom stereocenters. The van der Waals surface area contributed by atoms with Crippen molar-refractivity contribution in [3.8, 4) is 0 Å². The van der Waals surface area contributed by atoms with Gasteiger partial charge in [-0.15, -0.1) is 0 Å². The number of ether oxygens (including phenoxy) is 2. The Hall–Kier alpha value is -4.33. The highest BCUT2D eigenvalue weighted by Crippen LogP contribution is 2.27. The Balaban J connectivity index is 1.83. The normalized spacial score (nSPS) is 14.1. The number of benzene rings is 2. The molecule has 0 aliphatic heterocycles. The summed E-state index contributed by atoms with van der Waals surface area (Å²) in [5, 5.41) is 11.3. The van der Waals surface area contributed by atoms with Crippen molar-refractivity contribution in [2.24, 2.45) is 0 Å². The third-order valence-electron chi connectivity index (χ3n) is 6.66. The van der Waals surface area contributed by atoms with Gasteiger partial charge in [0.1, 0.15) is 12.4 Å². The number of carbonyl (C=O) groups excluding carboxylic acids is 3. The Bertz CT molecular complexity index is 1580. The number of fused-ring (bicyclic) bond motifs is 1. The molecular weight excluding hydrogens is 572 g/mol. The van der Waals surface area contributed by atoms with Crippen molar-refractivity contribution in [3.05, 3.63) is 78.1 Å². The SMILES string of the molecule is CSc1nc(N(C)C)c2ncn(C(=O)C(OC(=O)c3ccccc3)C(C(OC(=O)c3ccccc3)C(C)O)N(C)C)c2n1. The van der Waals surface area contributed by atoms with Crippen molar-refractivity contribution >= 4 is 46.6 Å². The predicted molar refractivity (Wildman–Crippen MR) is 163 cm³/mol. The number of likely N-dealkylation sites (N-methyl/N-ethyl adjacent to an activating group) is 1. The van der Waals surface area contributed by atoms with E-state index >= 15 is 0 Å². The van der Waals surface area contributed by atoms with Crippen LogP contribution < -0.4 is 4.90 Å². The number of imidazole rings is 1. The van der Waals surface area contributed by atoms with E-state index in [4.69, 9.17) is 9.47 Å². The van der Waals surface area contributed by atoms with E-state index in [0.717, 1.165) is 0 Å². The molecule has 2 aromatic carbocycles. The zero-order chi connectivity index (χ0) is 31.3. The molecule has 226 valence electrons. The number of hydrogen-bond donors (Lipinski definition) is 1. The van der Waals surface area contributed by atoms with Gasteiger partial charge in [-0.1, -0.05) is 48.2 Å². The summed E-state index contributed by atoms with van der Waals surface area (Å²) in [4.78, 5) is 57.7. The first-order valence-electron chi connectivity index (χ1n) is 13.4. The number of thioether (sulfide) groups is 1. The summed E-state index contributed by atoms with van der Waals surface area (Å²) in [6.07, 6.45) is -1.01. The summed E-state index contributed by atoms with van der Waals surface area (Å²) in [5.41, 5.74) is 1.05. The van der Waals surface area contributed by atoms with E-state index in [-0.39, 0.29) is 16.8 Å². The van der Waals surface area contributed by atoms with Crippen LogP contribution in [0.5, 0.6) is 0 Å². The maximum Gasteiger partial charge on any atom is 0.338 e. The molecule has 2 aromatic heterocycles. The summed E-state index contributed by atoms with van der Waals surface area (Å²) in [6, 6.07) is 15.4.